The number of hydrogen-bond donors (Lipinski definition) is 4. The van der Waals surface area contributed by atoms with E-state index in [0.717, 1.165) is 38.5 Å². The van der Waals surface area contributed by atoms with Crippen LogP contribution in [-0.2, 0) is 14.3 Å². The number of ether oxygens (including phenoxy) is 1. The predicted molar refractivity (Wildman–Crippen MR) is 132 cm³/mol. The highest BCUT2D eigenvalue weighted by Gasteiger charge is 2.65. The van der Waals surface area contributed by atoms with Crippen molar-refractivity contribution < 1.29 is 29.6 Å². The molecule has 4 N–H and O–H groups in total. The van der Waals surface area contributed by atoms with Crippen LogP contribution in [0.25, 0.3) is 0 Å². The minimum Gasteiger partial charge on any atom is -0.468 e. The fraction of sp³-hybridized carbons (Fsp3) is 0.929. The van der Waals surface area contributed by atoms with Gasteiger partial charge >= 0.3 is 5.97 Å². The van der Waals surface area contributed by atoms with Gasteiger partial charge in [0.15, 0.2) is 11.8 Å². The average molecular weight is 494 g/mol. The first-order valence-corrected chi connectivity index (χ1v) is 13.8. The predicted octanol–water partition coefficient (Wildman–Crippen LogP) is 2.69. The van der Waals surface area contributed by atoms with Crippen LogP contribution in [0.5, 0.6) is 0 Å². The number of rotatable bonds is 7. The number of carbonyl (C=O) groups excluding carboxylic acids is 2. The Kier molecular flexibility index (Phi) is 7.75. The summed E-state index contributed by atoms with van der Waals surface area (Å²) in [5.41, 5.74) is -0.218. The Hall–Kier alpha value is -1.02. The summed E-state index contributed by atoms with van der Waals surface area (Å²) < 4.78 is 4.75. The summed E-state index contributed by atoms with van der Waals surface area (Å²) in [6, 6.07) is -0.930. The molecule has 12 unspecified atom stereocenters. The largest absolute Gasteiger partial charge is 0.468 e. The standard InChI is InChI=1S/C28H47NO6/c1-15(6-9-21(31)25(29-4)26(34)35-5)18-7-8-19-24-20(14-23(33)28(18,19)3)27(2)11-10-17(30)12-16(27)13-22(24)32/h15-20,22-25,29-30,32-33H,6-14H2,1-5H3. The van der Waals surface area contributed by atoms with E-state index in [1.807, 2.05) is 0 Å². The molecule has 0 aromatic heterocycles. The maximum absolute atomic E-state index is 12.7. The zero-order valence-corrected chi connectivity index (χ0v) is 22.2. The van der Waals surface area contributed by atoms with E-state index in [1.54, 1.807) is 7.05 Å². The van der Waals surface area contributed by atoms with E-state index in [0.29, 0.717) is 25.2 Å². The number of methoxy groups -OCH3 is 1. The van der Waals surface area contributed by atoms with Crippen molar-refractivity contribution in [2.75, 3.05) is 14.2 Å². The second-order valence-corrected chi connectivity index (χ2v) is 12.8. The molecule has 35 heavy (non-hydrogen) atoms. The molecule has 0 amide bonds. The molecule has 4 aliphatic carbocycles. The number of nitrogens with one attached hydrogen (secondary N) is 1. The molecule has 0 aliphatic heterocycles. The number of aliphatic hydroxyl groups excluding tert-OH is 3. The van der Waals surface area contributed by atoms with Crippen LogP contribution < -0.4 is 5.32 Å². The lowest BCUT2D eigenvalue weighted by molar-refractivity contribution is -0.207. The summed E-state index contributed by atoms with van der Waals surface area (Å²) in [4.78, 5) is 24.6. The first-order valence-electron chi connectivity index (χ1n) is 13.8. The van der Waals surface area contributed by atoms with Gasteiger partial charge in [-0.1, -0.05) is 20.8 Å². The van der Waals surface area contributed by atoms with Crippen LogP contribution in [0.15, 0.2) is 0 Å². The van der Waals surface area contributed by atoms with E-state index in [2.05, 4.69) is 26.1 Å². The number of aliphatic hydroxyl groups is 3. The molecule has 4 saturated carbocycles. The molecule has 0 aromatic carbocycles. The highest BCUT2D eigenvalue weighted by atomic mass is 16.5. The van der Waals surface area contributed by atoms with E-state index in [9.17, 15) is 24.9 Å². The minimum atomic E-state index is -0.930. The number of likely N-dealkylation sites (N-methyl/N-ethyl adjacent to an activating group) is 1. The first-order chi connectivity index (χ1) is 16.5. The molecular weight excluding hydrogens is 446 g/mol. The second-order valence-electron chi connectivity index (χ2n) is 12.8. The molecule has 4 aliphatic rings. The quantitative estimate of drug-likeness (QED) is 0.318. The van der Waals surface area contributed by atoms with Gasteiger partial charge in [0.25, 0.3) is 0 Å². The van der Waals surface area contributed by atoms with Crippen LogP contribution in [-0.4, -0.2) is 65.6 Å². The molecule has 0 heterocycles. The van der Waals surface area contributed by atoms with Gasteiger partial charge in [-0.3, -0.25) is 4.79 Å². The third-order valence-corrected chi connectivity index (χ3v) is 11.4. The normalized spacial score (nSPS) is 46.6. The van der Waals surface area contributed by atoms with Crippen LogP contribution in [0, 0.1) is 46.3 Å². The summed E-state index contributed by atoms with van der Waals surface area (Å²) in [7, 11) is 2.88. The van der Waals surface area contributed by atoms with E-state index in [4.69, 9.17) is 4.74 Å². The van der Waals surface area contributed by atoms with E-state index in [-0.39, 0.29) is 58.4 Å². The molecule has 0 radical (unpaired) electrons. The Morgan fingerprint density at radius 3 is 2.43 bits per heavy atom. The van der Waals surface area contributed by atoms with Gasteiger partial charge < -0.3 is 25.4 Å². The summed E-state index contributed by atoms with van der Waals surface area (Å²) in [5, 5.41) is 36.1. The number of hydrogen-bond acceptors (Lipinski definition) is 7. The molecular formula is C28H47NO6. The van der Waals surface area contributed by atoms with Crippen molar-refractivity contribution in [1.29, 1.82) is 0 Å². The molecule has 4 fully saturated rings. The highest BCUT2D eigenvalue weighted by molar-refractivity contribution is 6.03. The molecule has 12 atom stereocenters. The van der Waals surface area contributed by atoms with Gasteiger partial charge in [0.1, 0.15) is 0 Å². The molecule has 7 nitrogen and oxygen atoms in total. The smallest absolute Gasteiger partial charge is 0.330 e. The van der Waals surface area contributed by atoms with Crippen LogP contribution in [0.3, 0.4) is 0 Å². The SMILES string of the molecule is CNC(C(=O)CCC(C)C1CCC2C3C(O)CC4CC(O)CCC4(C)C3CC(O)C12C)C(=O)OC. The Balaban J connectivity index is 1.50. The number of carbonyl (C=O) groups is 2. The second kappa shape index (κ2) is 10.0. The maximum atomic E-state index is 12.7. The third-order valence-electron chi connectivity index (χ3n) is 11.4. The molecule has 0 spiro atoms. The topological polar surface area (TPSA) is 116 Å². The van der Waals surface area contributed by atoms with Crippen molar-refractivity contribution in [1.82, 2.24) is 5.32 Å². The Labute approximate surface area is 210 Å². The number of ketones is 1. The van der Waals surface area contributed by atoms with Gasteiger partial charge in [-0.15, -0.1) is 0 Å². The molecule has 0 saturated heterocycles. The number of esters is 1. The molecule has 7 heteroatoms. The van der Waals surface area contributed by atoms with Gasteiger partial charge in [0.05, 0.1) is 25.4 Å². The number of Topliss-reactive ketones (excluding diaryl/α,β-unsaturated/α-hetero) is 1. The van der Waals surface area contributed by atoms with Gasteiger partial charge in [0.2, 0.25) is 0 Å². The zero-order valence-electron chi connectivity index (χ0n) is 22.2. The van der Waals surface area contributed by atoms with Crippen molar-refractivity contribution in [3.8, 4) is 0 Å². The van der Waals surface area contributed by atoms with Gasteiger partial charge in [-0.05, 0) is 105 Å². The average Bonchev–Trinajstić information content (AvgIpc) is 3.18. The lowest BCUT2D eigenvalue weighted by Crippen LogP contribution is -2.62. The van der Waals surface area contributed by atoms with Crippen molar-refractivity contribution in [3.63, 3.8) is 0 Å². The fourth-order valence-corrected chi connectivity index (χ4v) is 9.38. The fourth-order valence-electron chi connectivity index (χ4n) is 9.38. The molecule has 4 rings (SSSR count). The van der Waals surface area contributed by atoms with Crippen molar-refractivity contribution in [2.45, 2.75) is 103 Å². The van der Waals surface area contributed by atoms with Gasteiger partial charge in [-0.25, -0.2) is 4.79 Å². The van der Waals surface area contributed by atoms with Crippen LogP contribution >= 0.6 is 0 Å². The van der Waals surface area contributed by atoms with Crippen molar-refractivity contribution >= 4 is 11.8 Å². The lowest BCUT2D eigenvalue weighted by atomic mass is 9.43. The lowest BCUT2D eigenvalue weighted by Gasteiger charge is -2.63. The Morgan fingerprint density at radius 1 is 1.06 bits per heavy atom. The summed E-state index contributed by atoms with van der Waals surface area (Å²) in [6.07, 6.45) is 5.90. The minimum absolute atomic E-state index is 0.0671. The van der Waals surface area contributed by atoms with E-state index in [1.165, 1.54) is 7.11 Å². The zero-order chi connectivity index (χ0) is 25.7. The molecule has 200 valence electrons. The summed E-state index contributed by atoms with van der Waals surface area (Å²) in [6.45, 7) is 6.75. The number of fused-ring (bicyclic) bond motifs is 5. The monoisotopic (exact) mass is 493 g/mol. The van der Waals surface area contributed by atoms with Crippen molar-refractivity contribution in [3.05, 3.63) is 0 Å². The Morgan fingerprint density at radius 2 is 1.77 bits per heavy atom. The first kappa shape index (κ1) is 27.0. The van der Waals surface area contributed by atoms with Crippen molar-refractivity contribution in [2.24, 2.45) is 46.3 Å². The summed E-state index contributed by atoms with van der Waals surface area (Å²) in [5.74, 6) is 0.833. The molecule has 0 aromatic rings. The van der Waals surface area contributed by atoms with E-state index >= 15 is 0 Å². The van der Waals surface area contributed by atoms with Crippen LogP contribution in [0.2, 0.25) is 0 Å². The highest BCUT2D eigenvalue weighted by Crippen LogP contribution is 2.68. The molecule has 0 bridgehead atoms. The van der Waals surface area contributed by atoms with E-state index < -0.39 is 18.1 Å². The Bertz CT molecular complexity index is 804. The van der Waals surface area contributed by atoms with Gasteiger partial charge in [-0.2, -0.15) is 0 Å². The van der Waals surface area contributed by atoms with Gasteiger partial charge in [0, 0.05) is 6.42 Å². The van der Waals surface area contributed by atoms with Crippen LogP contribution in [0.4, 0.5) is 0 Å². The third kappa shape index (κ3) is 4.38. The van der Waals surface area contributed by atoms with Crippen LogP contribution in [0.1, 0.15) is 78.6 Å². The summed E-state index contributed by atoms with van der Waals surface area (Å²) >= 11 is 0. The maximum Gasteiger partial charge on any atom is 0.330 e.